The van der Waals surface area contributed by atoms with Crippen molar-refractivity contribution in [2.24, 2.45) is 0 Å². The van der Waals surface area contributed by atoms with Crippen molar-refractivity contribution >= 4 is 44.1 Å². The Morgan fingerprint density at radius 3 is 2.76 bits per heavy atom. The van der Waals surface area contributed by atoms with Crippen LogP contribution in [0.3, 0.4) is 0 Å². The van der Waals surface area contributed by atoms with Crippen LogP contribution in [0.2, 0.25) is 0 Å². The molecule has 29 heavy (non-hydrogen) atoms. The van der Waals surface area contributed by atoms with Crippen molar-refractivity contribution in [1.82, 2.24) is 14.5 Å². The fraction of sp³-hybridized carbons (Fsp3) is 0.238. The average molecular weight is 408 g/mol. The molecule has 0 radical (unpaired) electrons. The van der Waals surface area contributed by atoms with Crippen LogP contribution in [-0.4, -0.2) is 20.4 Å². The van der Waals surface area contributed by atoms with Gasteiger partial charge in [-0.15, -0.1) is 11.3 Å². The van der Waals surface area contributed by atoms with Gasteiger partial charge in [-0.05, 0) is 53.9 Å². The van der Waals surface area contributed by atoms with E-state index in [4.69, 9.17) is 0 Å². The maximum absolute atomic E-state index is 13.1. The Hall–Kier alpha value is -3.26. The molecule has 0 aliphatic rings. The smallest absolute Gasteiger partial charge is 0.322 e. The maximum atomic E-state index is 13.1. The predicted octanol–water partition coefficient (Wildman–Crippen LogP) is 3.70. The third-order valence-electron chi connectivity index (χ3n) is 4.83. The van der Waals surface area contributed by atoms with Gasteiger partial charge in [-0.1, -0.05) is 13.8 Å². The largest absolute Gasteiger partial charge is 0.329 e. The fourth-order valence-corrected chi connectivity index (χ4v) is 4.08. The Bertz CT molecular complexity index is 1360. The lowest BCUT2D eigenvalue weighted by Gasteiger charge is -2.14. The molecule has 0 spiro atoms. The van der Waals surface area contributed by atoms with Gasteiger partial charge >= 0.3 is 5.69 Å². The number of pyridine rings is 1. The lowest BCUT2D eigenvalue weighted by molar-refractivity contribution is 0.102. The van der Waals surface area contributed by atoms with Gasteiger partial charge in [-0.2, -0.15) is 0 Å². The summed E-state index contributed by atoms with van der Waals surface area (Å²) in [6.07, 6.45) is 0. The third kappa shape index (κ3) is 3.36. The second-order valence-corrected chi connectivity index (χ2v) is 8.03. The standard InChI is InChI=1S/C21H20N4O3S/c1-4-25-18-17(20(27)24-21(25)28)14(10-15(23-18)11(2)3)19(26)22-13-5-6-16-12(9-13)7-8-29-16/h5-11H,4H2,1-3H3,(H,22,26)(H,24,27,28). The molecule has 3 heterocycles. The topological polar surface area (TPSA) is 96.9 Å². The first kappa shape index (κ1) is 19.1. The van der Waals surface area contributed by atoms with Crippen LogP contribution < -0.4 is 16.6 Å². The first-order valence-corrected chi connectivity index (χ1v) is 10.2. The van der Waals surface area contributed by atoms with E-state index in [1.54, 1.807) is 24.3 Å². The number of hydrogen-bond donors (Lipinski definition) is 2. The number of fused-ring (bicyclic) bond motifs is 2. The summed E-state index contributed by atoms with van der Waals surface area (Å²) in [5, 5.41) is 6.02. The van der Waals surface area contributed by atoms with Gasteiger partial charge in [-0.3, -0.25) is 19.1 Å². The lowest BCUT2D eigenvalue weighted by Crippen LogP contribution is -2.32. The van der Waals surface area contributed by atoms with Gasteiger partial charge in [-0.25, -0.2) is 9.78 Å². The molecule has 0 unspecified atom stereocenters. The van der Waals surface area contributed by atoms with Crippen molar-refractivity contribution in [3.63, 3.8) is 0 Å². The number of anilines is 1. The summed E-state index contributed by atoms with van der Waals surface area (Å²) in [5.74, 6) is -0.395. The summed E-state index contributed by atoms with van der Waals surface area (Å²) >= 11 is 1.63. The number of hydrogen-bond acceptors (Lipinski definition) is 5. The second-order valence-electron chi connectivity index (χ2n) is 7.08. The molecule has 4 rings (SSSR count). The minimum Gasteiger partial charge on any atom is -0.322 e. The highest BCUT2D eigenvalue weighted by Crippen LogP contribution is 2.25. The van der Waals surface area contributed by atoms with Crippen LogP contribution in [0.15, 0.2) is 45.3 Å². The molecule has 4 aromatic rings. The summed E-state index contributed by atoms with van der Waals surface area (Å²) < 4.78 is 2.50. The van der Waals surface area contributed by atoms with E-state index >= 15 is 0 Å². The summed E-state index contributed by atoms with van der Waals surface area (Å²) in [7, 11) is 0. The second kappa shape index (κ2) is 7.29. The van der Waals surface area contributed by atoms with Gasteiger partial charge < -0.3 is 5.32 Å². The Labute approximate surface area is 170 Å². The molecule has 0 saturated carbocycles. The zero-order chi connectivity index (χ0) is 20.7. The van der Waals surface area contributed by atoms with Crippen LogP contribution in [0.25, 0.3) is 21.1 Å². The van der Waals surface area contributed by atoms with Crippen molar-refractivity contribution in [2.75, 3.05) is 5.32 Å². The molecule has 2 N–H and O–H groups in total. The number of rotatable bonds is 4. The molecular formula is C21H20N4O3S. The zero-order valence-corrected chi connectivity index (χ0v) is 17.1. The Kier molecular flexibility index (Phi) is 4.79. The monoisotopic (exact) mass is 408 g/mol. The first-order chi connectivity index (χ1) is 13.9. The number of thiophene rings is 1. The summed E-state index contributed by atoms with van der Waals surface area (Å²) in [6.45, 7) is 6.01. The molecule has 0 bridgehead atoms. The van der Waals surface area contributed by atoms with Gasteiger partial charge in [0, 0.05) is 22.6 Å². The van der Waals surface area contributed by atoms with Gasteiger partial charge in [0.1, 0.15) is 0 Å². The molecule has 1 aromatic carbocycles. The molecule has 3 aromatic heterocycles. The van der Waals surface area contributed by atoms with E-state index in [0.717, 1.165) is 10.1 Å². The maximum Gasteiger partial charge on any atom is 0.329 e. The fourth-order valence-electron chi connectivity index (χ4n) is 3.30. The van der Waals surface area contributed by atoms with Gasteiger partial charge in [0.25, 0.3) is 11.5 Å². The number of amides is 1. The molecule has 148 valence electrons. The normalized spacial score (nSPS) is 11.4. The number of carbonyl (C=O) groups excluding carboxylic acids is 1. The number of nitrogens with zero attached hydrogens (tertiary/aromatic N) is 2. The Morgan fingerprint density at radius 2 is 2.03 bits per heavy atom. The molecule has 8 heteroatoms. The van der Waals surface area contributed by atoms with Crippen LogP contribution >= 0.6 is 11.3 Å². The van der Waals surface area contributed by atoms with E-state index < -0.39 is 17.2 Å². The molecule has 0 fully saturated rings. The van der Waals surface area contributed by atoms with Crippen molar-refractivity contribution in [3.8, 4) is 0 Å². The zero-order valence-electron chi connectivity index (χ0n) is 16.3. The van der Waals surface area contributed by atoms with Crippen molar-refractivity contribution in [1.29, 1.82) is 0 Å². The van der Waals surface area contributed by atoms with Crippen LogP contribution in [-0.2, 0) is 6.54 Å². The number of aryl methyl sites for hydroxylation is 1. The predicted molar refractivity (Wildman–Crippen MR) is 116 cm³/mol. The number of aromatic amines is 1. The van der Waals surface area contributed by atoms with Crippen molar-refractivity contribution in [3.05, 3.63) is 67.8 Å². The highest BCUT2D eigenvalue weighted by molar-refractivity contribution is 7.17. The molecule has 0 saturated heterocycles. The van der Waals surface area contributed by atoms with Gasteiger partial charge in [0.15, 0.2) is 5.65 Å². The van der Waals surface area contributed by atoms with Crippen LogP contribution in [0.5, 0.6) is 0 Å². The molecule has 0 atom stereocenters. The third-order valence-corrected chi connectivity index (χ3v) is 5.73. The van der Waals surface area contributed by atoms with Crippen molar-refractivity contribution < 1.29 is 4.79 Å². The van der Waals surface area contributed by atoms with Crippen molar-refractivity contribution in [2.45, 2.75) is 33.2 Å². The Balaban J connectivity index is 1.89. The molecular weight excluding hydrogens is 388 g/mol. The molecule has 1 amide bonds. The summed E-state index contributed by atoms with van der Waals surface area (Å²) in [4.78, 5) is 44.7. The van der Waals surface area contributed by atoms with Crippen LogP contribution in [0.1, 0.15) is 42.7 Å². The highest BCUT2D eigenvalue weighted by atomic mass is 32.1. The van der Waals surface area contributed by atoms with E-state index in [-0.39, 0.29) is 22.5 Å². The summed E-state index contributed by atoms with van der Waals surface area (Å²) in [5.41, 5.74) is 0.558. The SMILES string of the molecule is CCn1c(=O)[nH]c(=O)c2c(C(=O)Nc3ccc4sccc4c3)cc(C(C)C)nc21. The quantitative estimate of drug-likeness (QED) is 0.538. The number of aromatic nitrogens is 3. The van der Waals surface area contributed by atoms with E-state index in [9.17, 15) is 14.4 Å². The highest BCUT2D eigenvalue weighted by Gasteiger charge is 2.20. The van der Waals surface area contributed by atoms with E-state index in [1.807, 2.05) is 43.5 Å². The van der Waals surface area contributed by atoms with E-state index in [2.05, 4.69) is 15.3 Å². The van der Waals surface area contributed by atoms with E-state index in [0.29, 0.717) is 17.9 Å². The number of benzene rings is 1. The van der Waals surface area contributed by atoms with Crippen LogP contribution in [0.4, 0.5) is 5.69 Å². The number of H-pyrrole nitrogens is 1. The summed E-state index contributed by atoms with van der Waals surface area (Å²) in [6, 6.07) is 9.28. The number of nitrogens with one attached hydrogen (secondary N) is 2. The molecule has 0 aliphatic carbocycles. The van der Waals surface area contributed by atoms with Crippen LogP contribution in [0, 0.1) is 0 Å². The van der Waals surface area contributed by atoms with E-state index in [1.165, 1.54) is 4.57 Å². The molecule has 0 aliphatic heterocycles. The first-order valence-electron chi connectivity index (χ1n) is 9.35. The Morgan fingerprint density at radius 1 is 1.24 bits per heavy atom. The lowest BCUT2D eigenvalue weighted by atomic mass is 10.0. The minimum absolute atomic E-state index is 0.0211. The number of carbonyl (C=O) groups is 1. The average Bonchev–Trinajstić information content (AvgIpc) is 3.15. The van der Waals surface area contributed by atoms with Gasteiger partial charge in [0.2, 0.25) is 0 Å². The molecule has 7 nitrogen and oxygen atoms in total. The minimum atomic E-state index is -0.615. The van der Waals surface area contributed by atoms with Gasteiger partial charge in [0.05, 0.1) is 10.9 Å².